The molecule has 3 rings (SSSR count). The van der Waals surface area contributed by atoms with Gasteiger partial charge in [0, 0.05) is 17.0 Å². The molecule has 2 aromatic carbocycles. The van der Waals surface area contributed by atoms with E-state index in [2.05, 4.69) is 10.3 Å². The van der Waals surface area contributed by atoms with Crippen LogP contribution in [0.25, 0.3) is 11.1 Å². The molecule has 0 aromatic heterocycles. The summed E-state index contributed by atoms with van der Waals surface area (Å²) in [5.41, 5.74) is 2.97. The average Bonchev–Trinajstić information content (AvgIpc) is 3.09. The molecular formula is C18H18N2OS2. The molecule has 0 aliphatic carbocycles. The molecule has 1 atom stereocenters. The summed E-state index contributed by atoms with van der Waals surface area (Å²) in [6.07, 6.45) is 0. The highest BCUT2D eigenvalue weighted by Crippen LogP contribution is 2.30. The number of carbonyl (C=O) groups is 1. The number of hydrogen-bond donors (Lipinski definition) is 1. The number of benzene rings is 2. The Morgan fingerprint density at radius 3 is 2.65 bits per heavy atom. The largest absolute Gasteiger partial charge is 0.325 e. The Morgan fingerprint density at radius 2 is 1.91 bits per heavy atom. The van der Waals surface area contributed by atoms with E-state index in [1.807, 2.05) is 61.5 Å². The van der Waals surface area contributed by atoms with Crippen molar-refractivity contribution in [2.75, 3.05) is 17.6 Å². The number of amides is 1. The molecule has 0 fully saturated rings. The molecule has 23 heavy (non-hydrogen) atoms. The smallest absolute Gasteiger partial charge is 0.237 e. The second-order valence-corrected chi connectivity index (χ2v) is 7.83. The van der Waals surface area contributed by atoms with Gasteiger partial charge in [-0.2, -0.15) is 0 Å². The van der Waals surface area contributed by atoms with Gasteiger partial charge in [-0.3, -0.25) is 9.79 Å². The zero-order valence-corrected chi connectivity index (χ0v) is 14.5. The van der Waals surface area contributed by atoms with E-state index in [1.165, 1.54) is 11.8 Å². The van der Waals surface area contributed by atoms with Gasteiger partial charge in [0.15, 0.2) is 0 Å². The summed E-state index contributed by atoms with van der Waals surface area (Å²) in [7, 11) is 0. The van der Waals surface area contributed by atoms with Crippen molar-refractivity contribution in [2.24, 2.45) is 4.99 Å². The number of nitrogens with one attached hydrogen (secondary N) is 1. The summed E-state index contributed by atoms with van der Waals surface area (Å²) in [6, 6.07) is 18.0. The highest BCUT2D eigenvalue weighted by molar-refractivity contribution is 8.39. The molecule has 2 aromatic rings. The van der Waals surface area contributed by atoms with Crippen LogP contribution in [0.3, 0.4) is 0 Å². The molecule has 0 spiro atoms. The third-order valence-corrected chi connectivity index (χ3v) is 5.78. The second-order valence-electron chi connectivity index (χ2n) is 5.16. The van der Waals surface area contributed by atoms with Crippen molar-refractivity contribution in [3.63, 3.8) is 0 Å². The molecule has 0 unspecified atom stereocenters. The van der Waals surface area contributed by atoms with E-state index in [4.69, 9.17) is 0 Å². The molecule has 0 saturated heterocycles. The van der Waals surface area contributed by atoms with E-state index in [0.29, 0.717) is 0 Å². The predicted octanol–water partition coefficient (Wildman–Crippen LogP) is 4.52. The van der Waals surface area contributed by atoms with Gasteiger partial charge in [0.05, 0.1) is 11.8 Å². The van der Waals surface area contributed by atoms with Gasteiger partial charge in [0.2, 0.25) is 5.91 Å². The first-order valence-electron chi connectivity index (χ1n) is 7.53. The van der Waals surface area contributed by atoms with Crippen LogP contribution in [0.15, 0.2) is 59.6 Å². The van der Waals surface area contributed by atoms with Crippen molar-refractivity contribution < 1.29 is 4.79 Å². The first-order valence-corrected chi connectivity index (χ1v) is 9.40. The van der Waals surface area contributed by atoms with Gasteiger partial charge in [-0.05, 0) is 18.6 Å². The van der Waals surface area contributed by atoms with Crippen LogP contribution in [0.2, 0.25) is 0 Å². The minimum atomic E-state index is -0.164. The maximum absolute atomic E-state index is 12.5. The van der Waals surface area contributed by atoms with Crippen LogP contribution in [0.5, 0.6) is 0 Å². The average molecular weight is 342 g/mol. The minimum absolute atomic E-state index is 0.00795. The van der Waals surface area contributed by atoms with Crippen molar-refractivity contribution in [1.82, 2.24) is 0 Å². The third-order valence-electron chi connectivity index (χ3n) is 3.47. The number of rotatable bonds is 4. The molecule has 1 aliphatic rings. The molecule has 1 N–H and O–H groups in total. The molecule has 0 saturated carbocycles. The number of aliphatic imine (C=N–C) groups is 1. The van der Waals surface area contributed by atoms with Crippen molar-refractivity contribution in [3.8, 4) is 11.1 Å². The topological polar surface area (TPSA) is 41.5 Å². The first-order chi connectivity index (χ1) is 11.2. The zero-order valence-electron chi connectivity index (χ0n) is 12.9. The molecule has 5 heteroatoms. The summed E-state index contributed by atoms with van der Waals surface area (Å²) in [5.74, 6) is 1.03. The molecule has 3 nitrogen and oxygen atoms in total. The highest BCUT2D eigenvalue weighted by atomic mass is 32.2. The zero-order chi connectivity index (χ0) is 16.1. The maximum atomic E-state index is 12.5. The summed E-state index contributed by atoms with van der Waals surface area (Å²) in [4.78, 5) is 16.9. The Hall–Kier alpha value is -1.72. The lowest BCUT2D eigenvalue weighted by atomic mass is 10.0. The standard InChI is InChI=1S/C18H18N2OS2/c1-13(23-18-19-11-12-22-18)17(21)20-16-10-6-5-9-15(16)14-7-3-2-4-8-14/h2-10,13H,11-12H2,1H3,(H,20,21)/t13-/m0/s1. The fourth-order valence-electron chi connectivity index (χ4n) is 2.29. The number of carbonyl (C=O) groups excluding carboxylic acids is 1. The number of para-hydroxylation sites is 1. The summed E-state index contributed by atoms with van der Waals surface area (Å²) >= 11 is 3.26. The van der Waals surface area contributed by atoms with Crippen molar-refractivity contribution >= 4 is 39.5 Å². The number of nitrogens with zero attached hydrogens (tertiary/aromatic N) is 1. The first kappa shape index (κ1) is 16.1. The number of anilines is 1. The monoisotopic (exact) mass is 342 g/mol. The van der Waals surface area contributed by atoms with Crippen LogP contribution in [0.4, 0.5) is 5.69 Å². The second kappa shape index (κ2) is 7.70. The summed E-state index contributed by atoms with van der Waals surface area (Å²) in [6.45, 7) is 2.78. The quantitative estimate of drug-likeness (QED) is 0.888. The van der Waals surface area contributed by atoms with E-state index in [0.717, 1.165) is 33.5 Å². The van der Waals surface area contributed by atoms with Crippen LogP contribution in [0, 0.1) is 0 Å². The van der Waals surface area contributed by atoms with Crippen LogP contribution in [0.1, 0.15) is 6.92 Å². The normalized spacial score (nSPS) is 15.1. The van der Waals surface area contributed by atoms with E-state index in [1.54, 1.807) is 11.8 Å². The van der Waals surface area contributed by atoms with Crippen molar-refractivity contribution in [3.05, 3.63) is 54.6 Å². The molecule has 118 valence electrons. The lowest BCUT2D eigenvalue weighted by Gasteiger charge is -2.14. The molecule has 1 heterocycles. The van der Waals surface area contributed by atoms with Gasteiger partial charge < -0.3 is 5.32 Å². The van der Waals surface area contributed by atoms with Crippen LogP contribution in [-0.2, 0) is 4.79 Å². The number of thioether (sulfide) groups is 2. The predicted molar refractivity (Wildman–Crippen MR) is 102 cm³/mol. The summed E-state index contributed by atoms with van der Waals surface area (Å²) in [5, 5.41) is 2.89. The van der Waals surface area contributed by atoms with Crippen LogP contribution < -0.4 is 5.32 Å². The molecule has 0 bridgehead atoms. The van der Waals surface area contributed by atoms with Crippen LogP contribution in [-0.4, -0.2) is 27.8 Å². The summed E-state index contributed by atoms with van der Waals surface area (Å²) < 4.78 is 1.02. The molecule has 1 amide bonds. The molecule has 0 radical (unpaired) electrons. The van der Waals surface area contributed by atoms with Gasteiger partial charge in [-0.25, -0.2) is 0 Å². The number of hydrogen-bond acceptors (Lipinski definition) is 4. The molecular weight excluding hydrogens is 324 g/mol. The van der Waals surface area contributed by atoms with Gasteiger partial charge in [-0.15, -0.1) is 0 Å². The lowest BCUT2D eigenvalue weighted by molar-refractivity contribution is -0.115. The highest BCUT2D eigenvalue weighted by Gasteiger charge is 2.19. The molecule has 1 aliphatic heterocycles. The Bertz CT molecular complexity index is 716. The fraction of sp³-hybridized carbons (Fsp3) is 0.222. The van der Waals surface area contributed by atoms with Gasteiger partial charge in [0.25, 0.3) is 0 Å². The third kappa shape index (κ3) is 4.18. The van der Waals surface area contributed by atoms with E-state index < -0.39 is 0 Å². The van der Waals surface area contributed by atoms with Gasteiger partial charge >= 0.3 is 0 Å². The van der Waals surface area contributed by atoms with Crippen molar-refractivity contribution in [2.45, 2.75) is 12.2 Å². The van der Waals surface area contributed by atoms with Gasteiger partial charge in [0.1, 0.15) is 4.38 Å². The van der Waals surface area contributed by atoms with Crippen molar-refractivity contribution in [1.29, 1.82) is 0 Å². The maximum Gasteiger partial charge on any atom is 0.237 e. The van der Waals surface area contributed by atoms with Gasteiger partial charge in [-0.1, -0.05) is 72.1 Å². The van der Waals surface area contributed by atoms with E-state index in [9.17, 15) is 4.79 Å². The van der Waals surface area contributed by atoms with E-state index >= 15 is 0 Å². The Balaban J connectivity index is 1.73. The van der Waals surface area contributed by atoms with Crippen LogP contribution >= 0.6 is 23.5 Å². The Labute approximate surface area is 145 Å². The van der Waals surface area contributed by atoms with E-state index in [-0.39, 0.29) is 11.2 Å². The lowest BCUT2D eigenvalue weighted by Crippen LogP contribution is -2.23. The Morgan fingerprint density at radius 1 is 1.17 bits per heavy atom. The fourth-order valence-corrected chi connectivity index (χ4v) is 4.42. The minimum Gasteiger partial charge on any atom is -0.325 e. The SMILES string of the molecule is C[C@H](SC1=NCCS1)C(=O)Nc1ccccc1-c1ccccc1. The Kier molecular flexibility index (Phi) is 5.41.